The molecule has 2 aliphatic rings. The largest absolute Gasteiger partial charge is 0.463 e. The Bertz CT molecular complexity index is 683. The average molecular weight is 337 g/mol. The zero-order chi connectivity index (χ0) is 16.6. The quantitative estimate of drug-likeness (QED) is 0.794. The summed E-state index contributed by atoms with van der Waals surface area (Å²) in [6.45, 7) is 4.44. The number of carbonyl (C=O) groups excluding carboxylic acids is 1. The molecule has 3 atom stereocenters. The van der Waals surface area contributed by atoms with Crippen molar-refractivity contribution in [1.82, 2.24) is 4.31 Å². The van der Waals surface area contributed by atoms with E-state index in [1.807, 2.05) is 19.1 Å². The van der Waals surface area contributed by atoms with Gasteiger partial charge in [-0.1, -0.05) is 17.7 Å². The number of carbonyl (C=O) groups is 1. The first-order valence-corrected chi connectivity index (χ1v) is 9.54. The maximum Gasteiger partial charge on any atom is 0.302 e. The molecule has 0 aromatic heterocycles. The van der Waals surface area contributed by atoms with Gasteiger partial charge >= 0.3 is 5.97 Å². The van der Waals surface area contributed by atoms with Crippen molar-refractivity contribution in [1.29, 1.82) is 0 Å². The van der Waals surface area contributed by atoms with E-state index in [0.717, 1.165) is 24.8 Å². The molecule has 0 amide bonds. The van der Waals surface area contributed by atoms with Crippen LogP contribution in [0.4, 0.5) is 0 Å². The Morgan fingerprint density at radius 3 is 2.48 bits per heavy atom. The van der Waals surface area contributed by atoms with Crippen LogP contribution in [-0.4, -0.2) is 37.9 Å². The molecule has 6 heteroatoms. The van der Waals surface area contributed by atoms with E-state index in [-0.39, 0.29) is 18.0 Å². The molecular weight excluding hydrogens is 314 g/mol. The lowest BCUT2D eigenvalue weighted by Gasteiger charge is -2.33. The molecular formula is C17H23NO4S. The SMILES string of the molecule is CC(=O)O[C@@H]1C[C@@H]2CCN(S(=O)(=O)c3ccc(C)cc3)C[C@@H]2C1. The second-order valence-electron chi connectivity index (χ2n) is 6.69. The number of fused-ring (bicyclic) bond motifs is 1. The summed E-state index contributed by atoms with van der Waals surface area (Å²) < 4.78 is 32.5. The molecule has 0 spiro atoms. The Balaban J connectivity index is 1.71. The number of ether oxygens (including phenoxy) is 1. The molecule has 1 aromatic rings. The van der Waals surface area contributed by atoms with Crippen LogP contribution in [0.3, 0.4) is 0 Å². The van der Waals surface area contributed by atoms with E-state index in [1.165, 1.54) is 6.92 Å². The zero-order valence-corrected chi connectivity index (χ0v) is 14.4. The summed E-state index contributed by atoms with van der Waals surface area (Å²) in [7, 11) is -3.43. The van der Waals surface area contributed by atoms with Crippen LogP contribution in [-0.2, 0) is 19.6 Å². The van der Waals surface area contributed by atoms with Gasteiger partial charge in [0.1, 0.15) is 6.10 Å². The fraction of sp³-hybridized carbons (Fsp3) is 0.588. The van der Waals surface area contributed by atoms with Gasteiger partial charge in [-0.2, -0.15) is 4.31 Å². The fourth-order valence-corrected chi connectivity index (χ4v) is 5.32. The fourth-order valence-electron chi connectivity index (χ4n) is 3.80. The van der Waals surface area contributed by atoms with Crippen molar-refractivity contribution in [2.75, 3.05) is 13.1 Å². The standard InChI is InChI=1S/C17H23NO4S/c1-12-3-5-17(6-4-12)23(20,21)18-8-7-14-9-16(22-13(2)19)10-15(14)11-18/h3-6,14-16H,7-11H2,1-2H3/t14-,15-,16+/m0/s1. The van der Waals surface area contributed by atoms with Crippen LogP contribution in [0, 0.1) is 18.8 Å². The van der Waals surface area contributed by atoms with Crippen molar-refractivity contribution in [3.63, 3.8) is 0 Å². The normalized spacial score (nSPS) is 28.3. The van der Waals surface area contributed by atoms with E-state index in [9.17, 15) is 13.2 Å². The number of nitrogens with zero attached hydrogens (tertiary/aromatic N) is 1. The summed E-state index contributed by atoms with van der Waals surface area (Å²) in [5.41, 5.74) is 1.04. The highest BCUT2D eigenvalue weighted by molar-refractivity contribution is 7.89. The van der Waals surface area contributed by atoms with Gasteiger partial charge in [-0.05, 0) is 50.2 Å². The first-order valence-electron chi connectivity index (χ1n) is 8.10. The number of sulfonamides is 1. The maximum absolute atomic E-state index is 12.8. The molecule has 0 unspecified atom stereocenters. The third-order valence-corrected chi connectivity index (χ3v) is 6.86. The van der Waals surface area contributed by atoms with Gasteiger partial charge in [-0.15, -0.1) is 0 Å². The average Bonchev–Trinajstić information content (AvgIpc) is 2.87. The predicted molar refractivity (Wildman–Crippen MR) is 86.3 cm³/mol. The maximum atomic E-state index is 12.8. The first kappa shape index (κ1) is 16.5. The third kappa shape index (κ3) is 3.43. The van der Waals surface area contributed by atoms with Crippen molar-refractivity contribution in [3.05, 3.63) is 29.8 Å². The van der Waals surface area contributed by atoms with Gasteiger partial charge in [0, 0.05) is 20.0 Å². The first-order chi connectivity index (χ1) is 10.9. The lowest BCUT2D eigenvalue weighted by atomic mass is 9.90. The second-order valence-corrected chi connectivity index (χ2v) is 8.63. The van der Waals surface area contributed by atoms with E-state index < -0.39 is 10.0 Å². The highest BCUT2D eigenvalue weighted by Crippen LogP contribution is 2.40. The van der Waals surface area contributed by atoms with Crippen LogP contribution in [0.15, 0.2) is 29.2 Å². The Morgan fingerprint density at radius 1 is 1.17 bits per heavy atom. The summed E-state index contributed by atoms with van der Waals surface area (Å²) in [6.07, 6.45) is 2.42. The van der Waals surface area contributed by atoms with E-state index in [0.29, 0.717) is 23.9 Å². The number of piperidine rings is 1. The van der Waals surface area contributed by atoms with Crippen molar-refractivity contribution in [2.45, 2.75) is 44.1 Å². The molecule has 1 aliphatic carbocycles. The Labute approximate surface area is 137 Å². The van der Waals surface area contributed by atoms with Gasteiger partial charge in [-0.3, -0.25) is 4.79 Å². The van der Waals surface area contributed by atoms with Crippen LogP contribution >= 0.6 is 0 Å². The van der Waals surface area contributed by atoms with Gasteiger partial charge in [-0.25, -0.2) is 8.42 Å². The summed E-state index contributed by atoms with van der Waals surface area (Å²) in [5, 5.41) is 0. The van der Waals surface area contributed by atoms with Crippen LogP contribution < -0.4 is 0 Å². The Kier molecular flexibility index (Phi) is 4.47. The lowest BCUT2D eigenvalue weighted by molar-refractivity contribution is -0.146. The third-order valence-electron chi connectivity index (χ3n) is 4.98. The molecule has 1 heterocycles. The monoisotopic (exact) mass is 337 g/mol. The second kappa shape index (κ2) is 6.24. The van der Waals surface area contributed by atoms with Crippen molar-refractivity contribution < 1.29 is 17.9 Å². The molecule has 0 bridgehead atoms. The molecule has 0 N–H and O–H groups in total. The summed E-state index contributed by atoms with van der Waals surface area (Å²) in [4.78, 5) is 11.5. The summed E-state index contributed by atoms with van der Waals surface area (Å²) >= 11 is 0. The molecule has 1 saturated heterocycles. The molecule has 0 radical (unpaired) electrons. The molecule has 2 fully saturated rings. The number of hydrogen-bond donors (Lipinski definition) is 0. The minimum absolute atomic E-state index is 0.0514. The minimum Gasteiger partial charge on any atom is -0.463 e. The van der Waals surface area contributed by atoms with Crippen molar-refractivity contribution in [2.24, 2.45) is 11.8 Å². The van der Waals surface area contributed by atoms with Crippen LogP contribution in [0.1, 0.15) is 31.7 Å². The Hall–Kier alpha value is -1.40. The molecule has 1 aromatic carbocycles. The predicted octanol–water partition coefficient (Wildman–Crippen LogP) is 2.35. The smallest absolute Gasteiger partial charge is 0.302 e. The number of rotatable bonds is 3. The minimum atomic E-state index is -3.43. The number of benzene rings is 1. The van der Waals surface area contributed by atoms with Gasteiger partial charge in [0.15, 0.2) is 0 Å². The van der Waals surface area contributed by atoms with E-state index >= 15 is 0 Å². The highest BCUT2D eigenvalue weighted by Gasteiger charge is 2.42. The highest BCUT2D eigenvalue weighted by atomic mass is 32.2. The van der Waals surface area contributed by atoms with Gasteiger partial charge in [0.05, 0.1) is 4.90 Å². The van der Waals surface area contributed by atoms with Crippen LogP contribution in [0.2, 0.25) is 0 Å². The molecule has 23 heavy (non-hydrogen) atoms. The van der Waals surface area contributed by atoms with Gasteiger partial charge in [0.2, 0.25) is 10.0 Å². The van der Waals surface area contributed by atoms with Crippen molar-refractivity contribution >= 4 is 16.0 Å². The van der Waals surface area contributed by atoms with E-state index in [4.69, 9.17) is 4.74 Å². The van der Waals surface area contributed by atoms with E-state index in [2.05, 4.69) is 0 Å². The topological polar surface area (TPSA) is 63.7 Å². The number of hydrogen-bond acceptors (Lipinski definition) is 4. The van der Waals surface area contributed by atoms with Gasteiger partial charge < -0.3 is 4.74 Å². The number of esters is 1. The lowest BCUT2D eigenvalue weighted by Crippen LogP contribution is -2.42. The molecule has 3 rings (SSSR count). The molecule has 5 nitrogen and oxygen atoms in total. The molecule has 1 saturated carbocycles. The summed E-state index contributed by atoms with van der Waals surface area (Å²) in [6, 6.07) is 7.00. The van der Waals surface area contributed by atoms with Crippen LogP contribution in [0.25, 0.3) is 0 Å². The molecule has 1 aliphatic heterocycles. The van der Waals surface area contributed by atoms with Crippen LogP contribution in [0.5, 0.6) is 0 Å². The summed E-state index contributed by atoms with van der Waals surface area (Å²) in [5.74, 6) is 0.495. The van der Waals surface area contributed by atoms with Crippen molar-refractivity contribution in [3.8, 4) is 0 Å². The number of aryl methyl sites for hydroxylation is 1. The van der Waals surface area contributed by atoms with E-state index in [1.54, 1.807) is 16.4 Å². The van der Waals surface area contributed by atoms with Gasteiger partial charge in [0.25, 0.3) is 0 Å². The zero-order valence-electron chi connectivity index (χ0n) is 13.6. The molecule has 126 valence electrons. The Morgan fingerprint density at radius 2 is 1.83 bits per heavy atom.